The fourth-order valence-corrected chi connectivity index (χ4v) is 2.75. The molecule has 0 bridgehead atoms. The number of hydrogen-bond donors (Lipinski definition) is 0. The normalized spacial score (nSPS) is 15.2. The highest BCUT2D eigenvalue weighted by Crippen LogP contribution is 2.22. The van der Waals surface area contributed by atoms with Crippen LogP contribution in [0, 0.1) is 0 Å². The minimum atomic E-state index is -0.188. The molecule has 0 saturated carbocycles. The van der Waals surface area contributed by atoms with Gasteiger partial charge in [-0.2, -0.15) is 0 Å². The van der Waals surface area contributed by atoms with Gasteiger partial charge >= 0.3 is 0 Å². The molecule has 2 aromatic carbocycles. The van der Waals surface area contributed by atoms with Gasteiger partial charge in [-0.25, -0.2) is 0 Å². The Hall–Kier alpha value is -1.68. The van der Waals surface area contributed by atoms with E-state index < -0.39 is 0 Å². The number of carbonyl (C=O) groups is 2. The summed E-state index contributed by atoms with van der Waals surface area (Å²) in [4.78, 5) is 25.2. The van der Waals surface area contributed by atoms with Crippen molar-refractivity contribution in [3.63, 3.8) is 0 Å². The highest BCUT2D eigenvalue weighted by Gasteiger charge is 2.27. The Morgan fingerprint density at radius 1 is 1.11 bits per heavy atom. The second-order valence-corrected chi connectivity index (χ2v) is 5.58. The monoisotopic (exact) mass is 317 g/mol. The van der Waals surface area contributed by atoms with Gasteiger partial charge in [0.15, 0.2) is 0 Å². The van der Waals surface area contributed by atoms with Crippen molar-refractivity contribution in [3.8, 4) is 0 Å². The Labute approximate surface area is 119 Å². The number of hydrogen-bond acceptors (Lipinski definition) is 2. The maximum Gasteiger partial charge on any atom is 0.260 e. The quantitative estimate of drug-likeness (QED) is 0.756. The van der Waals surface area contributed by atoms with Crippen molar-refractivity contribution in [1.29, 1.82) is 0 Å². The van der Waals surface area contributed by atoms with Gasteiger partial charge in [-0.1, -0.05) is 28.1 Å². The zero-order chi connectivity index (χ0) is 13.4. The van der Waals surface area contributed by atoms with Crippen molar-refractivity contribution in [3.05, 3.63) is 46.4 Å². The predicted octanol–water partition coefficient (Wildman–Crippen LogP) is 3.36. The van der Waals surface area contributed by atoms with E-state index in [1.807, 2.05) is 30.3 Å². The van der Waals surface area contributed by atoms with Crippen molar-refractivity contribution < 1.29 is 9.59 Å². The van der Waals surface area contributed by atoms with Gasteiger partial charge in [-0.15, -0.1) is 0 Å². The van der Waals surface area contributed by atoms with Gasteiger partial charge in [-0.3, -0.25) is 14.5 Å². The number of likely N-dealkylation sites (tertiary alicyclic amines) is 1. The number of amides is 2. The molecule has 3 rings (SSSR count). The van der Waals surface area contributed by atoms with E-state index >= 15 is 0 Å². The molecule has 2 amide bonds. The van der Waals surface area contributed by atoms with Gasteiger partial charge in [-0.05, 0) is 41.5 Å². The third-order valence-corrected chi connectivity index (χ3v) is 3.86. The minimum absolute atomic E-state index is 0.0686. The number of benzene rings is 2. The van der Waals surface area contributed by atoms with Crippen molar-refractivity contribution in [2.45, 2.75) is 12.8 Å². The van der Waals surface area contributed by atoms with E-state index in [0.29, 0.717) is 18.5 Å². The summed E-state index contributed by atoms with van der Waals surface area (Å²) < 4.78 is 1.01. The maximum atomic E-state index is 12.3. The molecule has 0 aromatic heterocycles. The van der Waals surface area contributed by atoms with Crippen LogP contribution in [0.25, 0.3) is 10.8 Å². The van der Waals surface area contributed by atoms with Crippen molar-refractivity contribution in [2.75, 3.05) is 6.54 Å². The number of fused-ring (bicyclic) bond motifs is 1. The molecule has 0 radical (unpaired) electrons. The molecule has 0 aliphatic carbocycles. The Balaban J connectivity index is 1.99. The number of rotatable bonds is 1. The van der Waals surface area contributed by atoms with E-state index in [2.05, 4.69) is 15.9 Å². The summed E-state index contributed by atoms with van der Waals surface area (Å²) in [5.74, 6) is -0.256. The van der Waals surface area contributed by atoms with Crippen LogP contribution in [0.2, 0.25) is 0 Å². The molecule has 0 N–H and O–H groups in total. The number of carbonyl (C=O) groups excluding carboxylic acids is 2. The van der Waals surface area contributed by atoms with E-state index in [9.17, 15) is 9.59 Å². The molecular formula is C15H12BrNO2. The van der Waals surface area contributed by atoms with Gasteiger partial charge in [0, 0.05) is 23.0 Å². The molecule has 2 aromatic rings. The minimum Gasteiger partial charge on any atom is -0.279 e. The van der Waals surface area contributed by atoms with Crippen LogP contribution in [-0.2, 0) is 4.79 Å². The summed E-state index contributed by atoms with van der Waals surface area (Å²) in [6, 6.07) is 11.4. The average molecular weight is 318 g/mol. The summed E-state index contributed by atoms with van der Waals surface area (Å²) in [7, 11) is 0. The van der Waals surface area contributed by atoms with Gasteiger partial charge in [0.05, 0.1) is 0 Å². The topological polar surface area (TPSA) is 37.4 Å². The van der Waals surface area contributed by atoms with Gasteiger partial charge in [0.2, 0.25) is 5.91 Å². The van der Waals surface area contributed by atoms with Crippen LogP contribution in [0.3, 0.4) is 0 Å². The van der Waals surface area contributed by atoms with Gasteiger partial charge in [0.1, 0.15) is 0 Å². The highest BCUT2D eigenvalue weighted by atomic mass is 79.9. The third kappa shape index (κ3) is 2.28. The van der Waals surface area contributed by atoms with Crippen LogP contribution in [0.1, 0.15) is 23.2 Å². The SMILES string of the molecule is O=C1CCCN1C(=O)c1ccc2cc(Br)ccc2c1. The van der Waals surface area contributed by atoms with Gasteiger partial charge in [0.25, 0.3) is 5.91 Å². The van der Waals surface area contributed by atoms with Crippen LogP contribution < -0.4 is 0 Å². The van der Waals surface area contributed by atoms with Crippen LogP contribution in [0.4, 0.5) is 0 Å². The number of halogens is 1. The average Bonchev–Trinajstić information content (AvgIpc) is 2.83. The Morgan fingerprint density at radius 3 is 2.58 bits per heavy atom. The molecule has 0 atom stereocenters. The lowest BCUT2D eigenvalue weighted by molar-refractivity contribution is -0.125. The molecule has 4 heteroatoms. The van der Waals surface area contributed by atoms with Crippen LogP contribution in [0.5, 0.6) is 0 Å². The summed E-state index contributed by atoms with van der Waals surface area (Å²) in [6.07, 6.45) is 1.25. The van der Waals surface area contributed by atoms with Crippen molar-refractivity contribution >= 4 is 38.5 Å². The molecule has 3 nitrogen and oxygen atoms in total. The van der Waals surface area contributed by atoms with Crippen molar-refractivity contribution in [2.24, 2.45) is 0 Å². The summed E-state index contributed by atoms with van der Waals surface area (Å²) in [5, 5.41) is 2.07. The maximum absolute atomic E-state index is 12.3. The predicted molar refractivity (Wildman–Crippen MR) is 76.9 cm³/mol. The smallest absolute Gasteiger partial charge is 0.260 e. The molecule has 1 saturated heterocycles. The second-order valence-electron chi connectivity index (χ2n) is 4.66. The number of nitrogens with zero attached hydrogens (tertiary/aromatic N) is 1. The zero-order valence-corrected chi connectivity index (χ0v) is 11.8. The summed E-state index contributed by atoms with van der Waals surface area (Å²) in [5.41, 5.74) is 0.574. The van der Waals surface area contributed by atoms with Crippen LogP contribution in [-0.4, -0.2) is 23.3 Å². The first-order valence-electron chi connectivity index (χ1n) is 6.19. The molecule has 1 fully saturated rings. The molecular weight excluding hydrogens is 306 g/mol. The van der Waals surface area contributed by atoms with E-state index in [4.69, 9.17) is 0 Å². The highest BCUT2D eigenvalue weighted by molar-refractivity contribution is 9.10. The lowest BCUT2D eigenvalue weighted by Gasteiger charge is -2.13. The first kappa shape index (κ1) is 12.4. The molecule has 0 spiro atoms. The molecule has 1 aliphatic rings. The molecule has 1 aliphatic heterocycles. The Bertz CT molecular complexity index is 681. The van der Waals surface area contributed by atoms with E-state index in [1.54, 1.807) is 6.07 Å². The molecule has 1 heterocycles. The van der Waals surface area contributed by atoms with Crippen LogP contribution in [0.15, 0.2) is 40.9 Å². The molecule has 96 valence electrons. The molecule has 19 heavy (non-hydrogen) atoms. The first-order valence-corrected chi connectivity index (χ1v) is 6.98. The zero-order valence-electron chi connectivity index (χ0n) is 10.2. The van der Waals surface area contributed by atoms with E-state index in [1.165, 1.54) is 4.90 Å². The summed E-state index contributed by atoms with van der Waals surface area (Å²) in [6.45, 7) is 0.538. The lowest BCUT2D eigenvalue weighted by Crippen LogP contribution is -2.31. The molecule has 0 unspecified atom stereocenters. The number of imide groups is 1. The van der Waals surface area contributed by atoms with E-state index in [-0.39, 0.29) is 11.8 Å². The van der Waals surface area contributed by atoms with Crippen LogP contribution >= 0.6 is 15.9 Å². The lowest BCUT2D eigenvalue weighted by atomic mass is 10.1. The standard InChI is InChI=1S/C15H12BrNO2/c16-13-6-5-10-8-12(4-3-11(10)9-13)15(19)17-7-1-2-14(17)18/h3-6,8-9H,1-2,7H2. The Kier molecular flexibility index (Phi) is 3.11. The summed E-state index contributed by atoms with van der Waals surface area (Å²) >= 11 is 3.42. The fourth-order valence-electron chi connectivity index (χ4n) is 2.37. The first-order chi connectivity index (χ1) is 9.15. The van der Waals surface area contributed by atoms with Gasteiger partial charge < -0.3 is 0 Å². The van der Waals surface area contributed by atoms with Crippen molar-refractivity contribution in [1.82, 2.24) is 4.90 Å². The third-order valence-electron chi connectivity index (χ3n) is 3.37. The van der Waals surface area contributed by atoms with E-state index in [0.717, 1.165) is 21.7 Å². The second kappa shape index (κ2) is 4.78. The Morgan fingerprint density at radius 2 is 1.84 bits per heavy atom. The largest absolute Gasteiger partial charge is 0.279 e. The fraction of sp³-hybridized carbons (Fsp3) is 0.200.